The molecule has 5 rings (SSSR count). The highest BCUT2D eigenvalue weighted by atomic mass is 35.5. The Labute approximate surface area is 226 Å². The second kappa shape index (κ2) is 10.0. The maximum atomic E-state index is 13.9. The van der Waals surface area contributed by atoms with Gasteiger partial charge < -0.3 is 14.4 Å². The fourth-order valence-corrected chi connectivity index (χ4v) is 5.19. The van der Waals surface area contributed by atoms with E-state index in [1.807, 2.05) is 56.3 Å². The molecular formula is C31H29ClN2O4. The van der Waals surface area contributed by atoms with Crippen LogP contribution in [0.5, 0.6) is 0 Å². The number of nitrogens with zero attached hydrogens (tertiary/aromatic N) is 2. The average Bonchev–Trinajstić information content (AvgIpc) is 3.45. The summed E-state index contributed by atoms with van der Waals surface area (Å²) in [7, 11) is 0. The second-order valence-corrected chi connectivity index (χ2v) is 9.93. The number of aliphatic hydroxyl groups excluding tert-OH is 1. The molecular weight excluding hydrogens is 500 g/mol. The Hall–Kier alpha value is -4.03. The van der Waals surface area contributed by atoms with Gasteiger partial charge in [0.25, 0.3) is 5.91 Å². The summed E-state index contributed by atoms with van der Waals surface area (Å²) in [6.07, 6.45) is 0. The zero-order valence-corrected chi connectivity index (χ0v) is 22.5. The number of rotatable bonds is 7. The largest absolute Gasteiger partial charge is 0.503 e. The van der Waals surface area contributed by atoms with E-state index in [1.165, 1.54) is 4.90 Å². The Morgan fingerprint density at radius 2 is 1.68 bits per heavy atom. The number of ketones is 1. The quantitative estimate of drug-likeness (QED) is 0.254. The molecule has 1 aromatic heterocycles. The first-order chi connectivity index (χ1) is 18.2. The van der Waals surface area contributed by atoms with E-state index in [2.05, 4.69) is 18.7 Å². The molecule has 7 heteroatoms. The van der Waals surface area contributed by atoms with Crippen LogP contribution in [-0.2, 0) is 4.79 Å². The van der Waals surface area contributed by atoms with E-state index >= 15 is 0 Å². The Morgan fingerprint density at radius 1 is 0.974 bits per heavy atom. The van der Waals surface area contributed by atoms with Crippen molar-refractivity contribution in [3.05, 3.63) is 106 Å². The number of aryl methyl sites for hydroxylation is 2. The average molecular weight is 529 g/mol. The van der Waals surface area contributed by atoms with Crippen LogP contribution in [0.2, 0.25) is 5.02 Å². The number of amides is 1. The summed E-state index contributed by atoms with van der Waals surface area (Å²) < 4.78 is 5.83. The summed E-state index contributed by atoms with van der Waals surface area (Å²) in [5.74, 6) is -1.73. The molecule has 1 N–H and O–H groups in total. The molecule has 1 atom stereocenters. The van der Waals surface area contributed by atoms with Crippen LogP contribution in [0.1, 0.15) is 47.1 Å². The number of fused-ring (bicyclic) bond motifs is 1. The van der Waals surface area contributed by atoms with Gasteiger partial charge in [0.2, 0.25) is 5.78 Å². The number of carbonyl (C=O) groups is 2. The predicted molar refractivity (Wildman–Crippen MR) is 151 cm³/mol. The Bertz CT molecular complexity index is 1580. The van der Waals surface area contributed by atoms with E-state index in [1.54, 1.807) is 24.3 Å². The molecule has 6 nitrogen and oxygen atoms in total. The van der Waals surface area contributed by atoms with Gasteiger partial charge in [0.05, 0.1) is 11.6 Å². The minimum absolute atomic E-state index is 0.0195. The first-order valence-corrected chi connectivity index (χ1v) is 13.0. The van der Waals surface area contributed by atoms with Crippen molar-refractivity contribution in [2.45, 2.75) is 33.7 Å². The van der Waals surface area contributed by atoms with Crippen LogP contribution in [0.15, 0.2) is 82.5 Å². The molecule has 0 radical (unpaired) electrons. The number of hydrogen-bond donors (Lipinski definition) is 1. The van der Waals surface area contributed by atoms with Gasteiger partial charge in [0, 0.05) is 34.9 Å². The van der Waals surface area contributed by atoms with Crippen molar-refractivity contribution in [2.24, 2.45) is 0 Å². The van der Waals surface area contributed by atoms with Crippen molar-refractivity contribution in [3.8, 4) is 0 Å². The molecule has 4 aromatic rings. The molecule has 1 amide bonds. The van der Waals surface area contributed by atoms with Crippen molar-refractivity contribution in [1.82, 2.24) is 0 Å². The monoisotopic (exact) mass is 528 g/mol. The van der Waals surface area contributed by atoms with E-state index in [-0.39, 0.29) is 11.3 Å². The lowest BCUT2D eigenvalue weighted by Crippen LogP contribution is -2.31. The minimum Gasteiger partial charge on any atom is -0.503 e. The normalized spacial score (nSPS) is 15.6. The standard InChI is InChI=1S/C31H29ClN2O4/c1-5-33(6-2)23-12-8-20(9-13-23)28-27(29(35)26-17-21-16-22(32)10-14-25(21)38-26)30(36)31(37)34(28)24-11-7-18(3)19(4)15-24/h7-17,28,36H,5-6H2,1-4H3. The van der Waals surface area contributed by atoms with Crippen molar-refractivity contribution < 1.29 is 19.1 Å². The molecule has 2 heterocycles. The maximum Gasteiger partial charge on any atom is 0.294 e. The zero-order chi connectivity index (χ0) is 27.1. The van der Waals surface area contributed by atoms with Gasteiger partial charge in [0.15, 0.2) is 11.5 Å². The van der Waals surface area contributed by atoms with Gasteiger partial charge in [-0.1, -0.05) is 29.8 Å². The predicted octanol–water partition coefficient (Wildman–Crippen LogP) is 7.33. The second-order valence-electron chi connectivity index (χ2n) is 9.49. The first kappa shape index (κ1) is 25.6. The molecule has 1 unspecified atom stereocenters. The highest BCUT2D eigenvalue weighted by Crippen LogP contribution is 2.43. The van der Waals surface area contributed by atoms with Gasteiger partial charge in [0.1, 0.15) is 5.58 Å². The Balaban J connectivity index is 1.64. The SMILES string of the molecule is CCN(CC)c1ccc(C2C(C(=O)c3cc4cc(Cl)ccc4o3)=C(O)C(=O)N2c2ccc(C)c(C)c2)cc1. The van der Waals surface area contributed by atoms with E-state index < -0.39 is 23.5 Å². The number of aliphatic hydroxyl groups is 1. The fraction of sp³-hybridized carbons (Fsp3) is 0.226. The lowest BCUT2D eigenvalue weighted by molar-refractivity contribution is -0.117. The summed E-state index contributed by atoms with van der Waals surface area (Å²) in [5, 5.41) is 12.3. The third-order valence-corrected chi connectivity index (χ3v) is 7.50. The van der Waals surface area contributed by atoms with Gasteiger partial charge in [-0.3, -0.25) is 14.5 Å². The van der Waals surface area contributed by atoms with Crippen LogP contribution < -0.4 is 9.80 Å². The zero-order valence-electron chi connectivity index (χ0n) is 21.8. The molecule has 0 spiro atoms. The minimum atomic E-state index is -0.834. The number of Topliss-reactive ketones (excluding diaryl/α,β-unsaturated/α-hetero) is 1. The van der Waals surface area contributed by atoms with Crippen LogP contribution in [0.4, 0.5) is 11.4 Å². The van der Waals surface area contributed by atoms with E-state index in [0.717, 1.165) is 29.9 Å². The number of benzene rings is 3. The number of hydrogen-bond acceptors (Lipinski definition) is 5. The van der Waals surface area contributed by atoms with Crippen LogP contribution >= 0.6 is 11.6 Å². The van der Waals surface area contributed by atoms with Crippen molar-refractivity contribution >= 4 is 45.6 Å². The van der Waals surface area contributed by atoms with Crippen LogP contribution in [0.3, 0.4) is 0 Å². The smallest absolute Gasteiger partial charge is 0.294 e. The van der Waals surface area contributed by atoms with Gasteiger partial charge in [-0.25, -0.2) is 0 Å². The fourth-order valence-electron chi connectivity index (χ4n) is 5.01. The van der Waals surface area contributed by atoms with E-state index in [0.29, 0.717) is 27.2 Å². The number of furan rings is 1. The van der Waals surface area contributed by atoms with Crippen LogP contribution in [0.25, 0.3) is 11.0 Å². The molecule has 0 fully saturated rings. The molecule has 1 aliphatic heterocycles. The topological polar surface area (TPSA) is 74.0 Å². The Morgan fingerprint density at radius 3 is 2.34 bits per heavy atom. The van der Waals surface area contributed by atoms with Crippen molar-refractivity contribution in [2.75, 3.05) is 22.9 Å². The van der Waals surface area contributed by atoms with Gasteiger partial charge in [-0.05, 0) is 92.9 Å². The summed E-state index contributed by atoms with van der Waals surface area (Å²) in [5.41, 5.74) is 4.90. The molecule has 1 aliphatic rings. The molecule has 0 bridgehead atoms. The Kier molecular flexibility index (Phi) is 6.76. The molecule has 0 saturated heterocycles. The highest BCUT2D eigenvalue weighted by molar-refractivity contribution is 6.31. The molecule has 0 aliphatic carbocycles. The van der Waals surface area contributed by atoms with Crippen molar-refractivity contribution in [3.63, 3.8) is 0 Å². The number of carbonyl (C=O) groups excluding carboxylic acids is 2. The maximum absolute atomic E-state index is 13.9. The van der Waals surface area contributed by atoms with E-state index in [4.69, 9.17) is 16.0 Å². The summed E-state index contributed by atoms with van der Waals surface area (Å²) >= 11 is 6.12. The van der Waals surface area contributed by atoms with Gasteiger partial charge in [-0.2, -0.15) is 0 Å². The van der Waals surface area contributed by atoms with Crippen LogP contribution in [-0.4, -0.2) is 29.9 Å². The molecule has 3 aromatic carbocycles. The molecule has 38 heavy (non-hydrogen) atoms. The lowest BCUT2D eigenvalue weighted by Gasteiger charge is -2.28. The molecule has 194 valence electrons. The van der Waals surface area contributed by atoms with Gasteiger partial charge >= 0.3 is 0 Å². The third kappa shape index (κ3) is 4.35. The first-order valence-electron chi connectivity index (χ1n) is 12.7. The van der Waals surface area contributed by atoms with Crippen molar-refractivity contribution in [1.29, 1.82) is 0 Å². The molecule has 0 saturated carbocycles. The summed E-state index contributed by atoms with van der Waals surface area (Å²) in [4.78, 5) is 31.1. The highest BCUT2D eigenvalue weighted by Gasteiger charge is 2.45. The number of halogens is 1. The summed E-state index contributed by atoms with van der Waals surface area (Å²) in [6, 6.07) is 19.3. The number of anilines is 2. The lowest BCUT2D eigenvalue weighted by atomic mass is 9.94. The van der Waals surface area contributed by atoms with Crippen LogP contribution in [0, 0.1) is 13.8 Å². The van der Waals surface area contributed by atoms with Gasteiger partial charge in [-0.15, -0.1) is 0 Å². The summed E-state index contributed by atoms with van der Waals surface area (Å²) in [6.45, 7) is 9.85. The third-order valence-electron chi connectivity index (χ3n) is 7.26. The van der Waals surface area contributed by atoms with E-state index in [9.17, 15) is 14.7 Å².